The van der Waals surface area contributed by atoms with Crippen LogP contribution >= 0.6 is 0 Å². The molecule has 0 aliphatic rings. The first-order valence-electron chi connectivity index (χ1n) is 7.92. The molecule has 0 bridgehead atoms. The molecular weight excluding hydrogens is 320 g/mol. The molecule has 0 radical (unpaired) electrons. The molecule has 0 heterocycles. The number of benzene rings is 2. The zero-order chi connectivity index (χ0) is 18.2. The Morgan fingerprint density at radius 1 is 1.08 bits per heavy atom. The second-order valence-corrected chi connectivity index (χ2v) is 5.33. The van der Waals surface area contributed by atoms with Gasteiger partial charge in [-0.2, -0.15) is 0 Å². The third kappa shape index (κ3) is 4.50. The Labute approximate surface area is 147 Å². The van der Waals surface area contributed by atoms with Crippen LogP contribution in [0.2, 0.25) is 0 Å². The Balaban J connectivity index is 2.13. The molecule has 6 heteroatoms. The molecule has 0 aliphatic carbocycles. The topological polar surface area (TPSA) is 83.1 Å². The standard InChI is InChI=1S/C19H22N2O4/c1-4-15(13-8-6-5-7-9-13)19(22)25-21-18(20)14-10-11-16(23-2)17(12-14)24-3/h5-12,15H,4H2,1-3H3,(H2,20,21)/t15-/m0/s1. The molecule has 0 aliphatic heterocycles. The van der Waals surface area contributed by atoms with Crippen LogP contribution in [0.25, 0.3) is 0 Å². The van der Waals surface area contributed by atoms with E-state index in [0.717, 1.165) is 5.56 Å². The van der Waals surface area contributed by atoms with Crippen molar-refractivity contribution in [2.24, 2.45) is 10.9 Å². The van der Waals surface area contributed by atoms with Crippen LogP contribution in [0, 0.1) is 0 Å². The van der Waals surface area contributed by atoms with Crippen LogP contribution in [0.1, 0.15) is 30.4 Å². The Bertz CT molecular complexity index is 744. The lowest BCUT2D eigenvalue weighted by Crippen LogP contribution is -2.18. The molecule has 132 valence electrons. The third-order valence-electron chi connectivity index (χ3n) is 3.81. The maximum atomic E-state index is 12.3. The minimum Gasteiger partial charge on any atom is -0.493 e. The van der Waals surface area contributed by atoms with Gasteiger partial charge >= 0.3 is 5.97 Å². The largest absolute Gasteiger partial charge is 0.493 e. The van der Waals surface area contributed by atoms with E-state index in [1.807, 2.05) is 37.3 Å². The fraction of sp³-hybridized carbons (Fsp3) is 0.263. The highest BCUT2D eigenvalue weighted by Crippen LogP contribution is 2.27. The molecule has 0 spiro atoms. The highest BCUT2D eigenvalue weighted by Gasteiger charge is 2.20. The van der Waals surface area contributed by atoms with Gasteiger partial charge in [0.05, 0.1) is 20.1 Å². The van der Waals surface area contributed by atoms with E-state index in [1.54, 1.807) is 25.3 Å². The summed E-state index contributed by atoms with van der Waals surface area (Å²) in [7, 11) is 3.08. The van der Waals surface area contributed by atoms with Crippen molar-refractivity contribution in [3.63, 3.8) is 0 Å². The molecule has 2 aromatic rings. The maximum absolute atomic E-state index is 12.3. The maximum Gasteiger partial charge on any atom is 0.342 e. The third-order valence-corrected chi connectivity index (χ3v) is 3.81. The van der Waals surface area contributed by atoms with Gasteiger partial charge in [0, 0.05) is 5.56 Å². The molecule has 2 rings (SSSR count). The van der Waals surface area contributed by atoms with E-state index in [4.69, 9.17) is 20.0 Å². The van der Waals surface area contributed by atoms with Crippen molar-refractivity contribution in [1.82, 2.24) is 0 Å². The Hall–Kier alpha value is -3.02. The molecule has 0 saturated carbocycles. The number of carbonyl (C=O) groups excluding carboxylic acids is 1. The highest BCUT2D eigenvalue weighted by molar-refractivity contribution is 5.98. The molecule has 6 nitrogen and oxygen atoms in total. The fourth-order valence-corrected chi connectivity index (χ4v) is 2.43. The quantitative estimate of drug-likeness (QED) is 0.362. The number of oxime groups is 1. The SMILES string of the molecule is CC[C@H](C(=O)O/N=C(/N)c1ccc(OC)c(OC)c1)c1ccccc1. The van der Waals surface area contributed by atoms with Gasteiger partial charge in [0.25, 0.3) is 0 Å². The lowest BCUT2D eigenvalue weighted by Gasteiger charge is -2.12. The van der Waals surface area contributed by atoms with Gasteiger partial charge in [0.15, 0.2) is 17.3 Å². The summed E-state index contributed by atoms with van der Waals surface area (Å²) < 4.78 is 10.4. The number of nitrogens with two attached hydrogens (primary N) is 1. The number of ether oxygens (including phenoxy) is 2. The fourth-order valence-electron chi connectivity index (χ4n) is 2.43. The summed E-state index contributed by atoms with van der Waals surface area (Å²) in [4.78, 5) is 17.4. The van der Waals surface area contributed by atoms with Crippen LogP contribution < -0.4 is 15.2 Å². The van der Waals surface area contributed by atoms with Crippen LogP contribution in [0.4, 0.5) is 0 Å². The Morgan fingerprint density at radius 3 is 2.36 bits per heavy atom. The average Bonchev–Trinajstić information content (AvgIpc) is 2.66. The number of nitrogens with zero attached hydrogens (tertiary/aromatic N) is 1. The molecular formula is C19H22N2O4. The van der Waals surface area contributed by atoms with Gasteiger partial charge in [0.2, 0.25) is 0 Å². The van der Waals surface area contributed by atoms with Crippen molar-refractivity contribution in [1.29, 1.82) is 0 Å². The molecule has 25 heavy (non-hydrogen) atoms. The normalized spacial score (nSPS) is 12.4. The van der Waals surface area contributed by atoms with Crippen LogP contribution in [0.3, 0.4) is 0 Å². The minimum absolute atomic E-state index is 0.0808. The average molecular weight is 342 g/mol. The van der Waals surface area contributed by atoms with Crippen LogP contribution in [0.15, 0.2) is 53.7 Å². The van der Waals surface area contributed by atoms with Crippen LogP contribution in [0.5, 0.6) is 11.5 Å². The number of carbonyl (C=O) groups is 1. The summed E-state index contributed by atoms with van der Waals surface area (Å²) in [6.45, 7) is 1.92. The molecule has 0 saturated heterocycles. The summed E-state index contributed by atoms with van der Waals surface area (Å²) in [5.41, 5.74) is 7.37. The summed E-state index contributed by atoms with van der Waals surface area (Å²) in [6.07, 6.45) is 0.606. The van der Waals surface area contributed by atoms with Gasteiger partial charge in [-0.25, -0.2) is 4.79 Å². The number of rotatable bonds is 7. The van der Waals surface area contributed by atoms with Crippen molar-refractivity contribution in [2.75, 3.05) is 14.2 Å². The second-order valence-electron chi connectivity index (χ2n) is 5.33. The summed E-state index contributed by atoms with van der Waals surface area (Å²) >= 11 is 0. The van der Waals surface area contributed by atoms with E-state index in [2.05, 4.69) is 5.16 Å². The molecule has 0 amide bonds. The van der Waals surface area contributed by atoms with Gasteiger partial charge in [-0.05, 0) is 30.2 Å². The van der Waals surface area contributed by atoms with Crippen LogP contribution in [-0.2, 0) is 9.63 Å². The number of amidine groups is 1. The smallest absolute Gasteiger partial charge is 0.342 e. The summed E-state index contributed by atoms with van der Waals surface area (Å²) in [5.74, 6) is 0.337. The second kappa shape index (κ2) is 8.73. The zero-order valence-corrected chi connectivity index (χ0v) is 14.6. The molecule has 0 fully saturated rings. The van der Waals surface area contributed by atoms with Crippen molar-refractivity contribution >= 4 is 11.8 Å². The van der Waals surface area contributed by atoms with Gasteiger partial charge in [-0.15, -0.1) is 0 Å². The van der Waals surface area contributed by atoms with E-state index in [0.29, 0.717) is 23.5 Å². The number of hydrogen-bond acceptors (Lipinski definition) is 5. The van der Waals surface area contributed by atoms with Crippen molar-refractivity contribution in [3.05, 3.63) is 59.7 Å². The Morgan fingerprint density at radius 2 is 1.76 bits per heavy atom. The molecule has 2 N–H and O–H groups in total. The molecule has 0 unspecified atom stereocenters. The van der Waals surface area contributed by atoms with Gasteiger partial charge < -0.3 is 20.0 Å². The zero-order valence-electron chi connectivity index (χ0n) is 14.6. The van der Waals surface area contributed by atoms with E-state index >= 15 is 0 Å². The molecule has 0 aromatic heterocycles. The van der Waals surface area contributed by atoms with Crippen molar-refractivity contribution in [2.45, 2.75) is 19.3 Å². The van der Waals surface area contributed by atoms with Crippen molar-refractivity contribution < 1.29 is 19.1 Å². The van der Waals surface area contributed by atoms with E-state index in [1.165, 1.54) is 7.11 Å². The first-order valence-corrected chi connectivity index (χ1v) is 7.92. The first-order chi connectivity index (χ1) is 12.1. The minimum atomic E-state index is -0.447. The Kier molecular flexibility index (Phi) is 6.39. The number of methoxy groups -OCH3 is 2. The van der Waals surface area contributed by atoms with E-state index in [9.17, 15) is 4.79 Å². The lowest BCUT2D eigenvalue weighted by atomic mass is 9.97. The monoisotopic (exact) mass is 342 g/mol. The molecule has 1 atom stereocenters. The van der Waals surface area contributed by atoms with Gasteiger partial charge in [-0.3, -0.25) is 0 Å². The van der Waals surface area contributed by atoms with Gasteiger partial charge in [0.1, 0.15) is 0 Å². The predicted molar refractivity (Wildman–Crippen MR) is 95.8 cm³/mol. The number of hydrogen-bond donors (Lipinski definition) is 1. The summed E-state index contributed by atoms with van der Waals surface area (Å²) in [6, 6.07) is 14.5. The summed E-state index contributed by atoms with van der Waals surface area (Å²) in [5, 5.41) is 3.77. The highest BCUT2D eigenvalue weighted by atomic mass is 16.7. The van der Waals surface area contributed by atoms with E-state index < -0.39 is 5.97 Å². The van der Waals surface area contributed by atoms with Crippen LogP contribution in [-0.4, -0.2) is 26.0 Å². The molecule has 2 aromatic carbocycles. The predicted octanol–water partition coefficient (Wildman–Crippen LogP) is 3.06. The lowest BCUT2D eigenvalue weighted by molar-refractivity contribution is -0.145. The van der Waals surface area contributed by atoms with Crippen molar-refractivity contribution in [3.8, 4) is 11.5 Å². The first kappa shape index (κ1) is 18.3. The van der Waals surface area contributed by atoms with Gasteiger partial charge in [-0.1, -0.05) is 42.4 Å². The van der Waals surface area contributed by atoms with E-state index in [-0.39, 0.29) is 11.8 Å².